The van der Waals surface area contributed by atoms with Gasteiger partial charge in [0, 0.05) is 0 Å². The molecule has 2 rings (SSSR count). The number of carboxylic acid groups (broad SMARTS) is 1. The summed E-state index contributed by atoms with van der Waals surface area (Å²) in [5, 5.41) is 11.4. The average molecular weight is 313 g/mol. The number of amides is 1. The maximum atomic E-state index is 11.7. The van der Waals surface area contributed by atoms with Crippen molar-refractivity contribution in [1.29, 1.82) is 0 Å². The Balaban J connectivity index is 1.86. The third-order valence-electron chi connectivity index (χ3n) is 2.98. The van der Waals surface area contributed by atoms with Gasteiger partial charge >= 0.3 is 11.9 Å². The number of benzene rings is 2. The fourth-order valence-corrected chi connectivity index (χ4v) is 1.91. The first-order valence-corrected chi connectivity index (χ1v) is 6.90. The number of esters is 1. The molecule has 2 N–H and O–H groups in total. The number of carbonyl (C=O) groups is 3. The zero-order valence-electron chi connectivity index (χ0n) is 12.2. The van der Waals surface area contributed by atoms with E-state index in [0.717, 1.165) is 5.56 Å². The summed E-state index contributed by atoms with van der Waals surface area (Å²) >= 11 is 0. The molecule has 0 aliphatic rings. The number of carboxylic acids is 1. The average Bonchev–Trinajstić information content (AvgIpc) is 2.54. The van der Waals surface area contributed by atoms with Crippen molar-refractivity contribution >= 4 is 17.8 Å². The van der Waals surface area contributed by atoms with Crippen molar-refractivity contribution < 1.29 is 24.2 Å². The minimum absolute atomic E-state index is 0.0534. The molecular weight excluding hydrogens is 298 g/mol. The number of aromatic carboxylic acids is 1. The second-order valence-electron chi connectivity index (χ2n) is 4.71. The fraction of sp³-hybridized carbons (Fsp3) is 0.118. The normalized spacial score (nSPS) is 9.91. The van der Waals surface area contributed by atoms with Crippen LogP contribution in [0, 0.1) is 0 Å². The van der Waals surface area contributed by atoms with Gasteiger partial charge in [0.1, 0.15) is 17.9 Å². The van der Waals surface area contributed by atoms with Gasteiger partial charge in [0.25, 0.3) is 0 Å². The summed E-state index contributed by atoms with van der Waals surface area (Å²) in [4.78, 5) is 34.5. The second kappa shape index (κ2) is 7.74. The highest BCUT2D eigenvalue weighted by Crippen LogP contribution is 2.17. The molecule has 0 bridgehead atoms. The van der Waals surface area contributed by atoms with Crippen LogP contribution in [0.2, 0.25) is 0 Å². The fourth-order valence-electron chi connectivity index (χ4n) is 1.91. The van der Waals surface area contributed by atoms with Crippen LogP contribution in [-0.4, -0.2) is 29.5 Å². The van der Waals surface area contributed by atoms with Crippen molar-refractivity contribution in [3.8, 4) is 5.75 Å². The first-order chi connectivity index (χ1) is 11.1. The first-order valence-electron chi connectivity index (χ1n) is 6.90. The Kier molecular flexibility index (Phi) is 5.46. The molecule has 6 nitrogen and oxygen atoms in total. The van der Waals surface area contributed by atoms with Crippen LogP contribution in [0.15, 0.2) is 54.6 Å². The van der Waals surface area contributed by atoms with Gasteiger partial charge in [0.05, 0.1) is 6.42 Å². The van der Waals surface area contributed by atoms with Gasteiger partial charge in [-0.15, -0.1) is 0 Å². The van der Waals surface area contributed by atoms with Gasteiger partial charge in [0.2, 0.25) is 5.91 Å². The van der Waals surface area contributed by atoms with Crippen LogP contribution in [0.3, 0.4) is 0 Å². The van der Waals surface area contributed by atoms with E-state index in [0.29, 0.717) is 0 Å². The Morgan fingerprint density at radius 2 is 1.61 bits per heavy atom. The van der Waals surface area contributed by atoms with E-state index in [1.54, 1.807) is 18.2 Å². The molecular formula is C17H15NO5. The molecule has 0 atom stereocenters. The highest BCUT2D eigenvalue weighted by atomic mass is 16.5. The van der Waals surface area contributed by atoms with Gasteiger partial charge < -0.3 is 15.2 Å². The van der Waals surface area contributed by atoms with Crippen LogP contribution >= 0.6 is 0 Å². The summed E-state index contributed by atoms with van der Waals surface area (Å²) in [7, 11) is 0. The summed E-state index contributed by atoms with van der Waals surface area (Å²) < 4.78 is 4.97. The molecule has 6 heteroatoms. The Morgan fingerprint density at radius 1 is 0.957 bits per heavy atom. The minimum atomic E-state index is -1.19. The van der Waals surface area contributed by atoms with E-state index in [9.17, 15) is 14.4 Å². The molecule has 0 saturated carbocycles. The van der Waals surface area contributed by atoms with Crippen LogP contribution in [0.4, 0.5) is 0 Å². The van der Waals surface area contributed by atoms with Gasteiger partial charge in [-0.25, -0.2) is 9.59 Å². The van der Waals surface area contributed by atoms with Crippen molar-refractivity contribution in [2.75, 3.05) is 6.54 Å². The molecule has 0 saturated heterocycles. The molecule has 0 aliphatic carbocycles. The molecule has 2 aromatic rings. The van der Waals surface area contributed by atoms with Crippen molar-refractivity contribution in [2.45, 2.75) is 6.42 Å². The van der Waals surface area contributed by atoms with E-state index >= 15 is 0 Å². The summed E-state index contributed by atoms with van der Waals surface area (Å²) in [6.07, 6.45) is 0.153. The number of carbonyl (C=O) groups excluding carboxylic acids is 2. The predicted octanol–water partition coefficient (Wildman–Crippen LogP) is 1.65. The zero-order chi connectivity index (χ0) is 16.7. The van der Waals surface area contributed by atoms with Gasteiger partial charge in [-0.2, -0.15) is 0 Å². The highest BCUT2D eigenvalue weighted by molar-refractivity contribution is 5.92. The van der Waals surface area contributed by atoms with Crippen LogP contribution in [0.25, 0.3) is 0 Å². The molecule has 2 aromatic carbocycles. The Labute approximate surface area is 132 Å². The molecule has 0 radical (unpaired) electrons. The van der Waals surface area contributed by atoms with E-state index in [1.165, 1.54) is 18.2 Å². The second-order valence-corrected chi connectivity index (χ2v) is 4.71. The van der Waals surface area contributed by atoms with Gasteiger partial charge in [-0.3, -0.25) is 4.79 Å². The monoisotopic (exact) mass is 313 g/mol. The number of hydrogen-bond acceptors (Lipinski definition) is 4. The third kappa shape index (κ3) is 4.96. The van der Waals surface area contributed by atoms with Crippen molar-refractivity contribution in [2.24, 2.45) is 0 Å². The topological polar surface area (TPSA) is 92.7 Å². The van der Waals surface area contributed by atoms with Gasteiger partial charge in [-0.05, 0) is 17.7 Å². The van der Waals surface area contributed by atoms with Crippen molar-refractivity contribution in [3.05, 3.63) is 65.7 Å². The Morgan fingerprint density at radius 3 is 2.30 bits per heavy atom. The molecule has 0 spiro atoms. The number of rotatable bonds is 6. The maximum absolute atomic E-state index is 11.7. The van der Waals surface area contributed by atoms with Gasteiger partial charge in [-0.1, -0.05) is 42.5 Å². The molecule has 0 aromatic heterocycles. The SMILES string of the molecule is O=C(Cc1ccccc1)NCC(=O)Oc1ccccc1C(=O)O. The molecule has 0 heterocycles. The molecule has 1 amide bonds. The summed E-state index contributed by atoms with van der Waals surface area (Å²) in [5.41, 5.74) is 0.714. The molecule has 23 heavy (non-hydrogen) atoms. The van der Waals surface area contributed by atoms with E-state index in [2.05, 4.69) is 5.32 Å². The lowest BCUT2D eigenvalue weighted by atomic mass is 10.1. The summed E-state index contributed by atoms with van der Waals surface area (Å²) in [5.74, 6) is -2.30. The Hall–Kier alpha value is -3.15. The predicted molar refractivity (Wildman–Crippen MR) is 82.2 cm³/mol. The van der Waals surface area contributed by atoms with Crippen LogP contribution in [0.1, 0.15) is 15.9 Å². The van der Waals surface area contributed by atoms with Crippen LogP contribution < -0.4 is 10.1 Å². The standard InChI is InChI=1S/C17H15NO5/c19-15(10-12-6-2-1-3-7-12)18-11-16(20)23-14-9-5-4-8-13(14)17(21)22/h1-9H,10-11H2,(H,18,19)(H,21,22). The quantitative estimate of drug-likeness (QED) is 0.625. The lowest BCUT2D eigenvalue weighted by Gasteiger charge is -2.08. The van der Waals surface area contributed by atoms with E-state index in [1.807, 2.05) is 18.2 Å². The van der Waals surface area contributed by atoms with Crippen LogP contribution in [0.5, 0.6) is 5.75 Å². The molecule has 0 aliphatic heterocycles. The third-order valence-corrected chi connectivity index (χ3v) is 2.98. The highest BCUT2D eigenvalue weighted by Gasteiger charge is 2.14. The van der Waals surface area contributed by atoms with E-state index in [4.69, 9.17) is 9.84 Å². The smallest absolute Gasteiger partial charge is 0.339 e. The molecule has 0 unspecified atom stereocenters. The largest absolute Gasteiger partial charge is 0.478 e. The minimum Gasteiger partial charge on any atom is -0.478 e. The van der Waals surface area contributed by atoms with Gasteiger partial charge in [0.15, 0.2) is 0 Å². The van der Waals surface area contributed by atoms with Crippen molar-refractivity contribution in [1.82, 2.24) is 5.32 Å². The lowest BCUT2D eigenvalue weighted by molar-refractivity contribution is -0.135. The number of ether oxygens (including phenoxy) is 1. The van der Waals surface area contributed by atoms with E-state index < -0.39 is 11.9 Å². The number of nitrogens with one attached hydrogen (secondary N) is 1. The first kappa shape index (κ1) is 16.2. The summed E-state index contributed by atoms with van der Waals surface area (Å²) in [6, 6.07) is 14.9. The molecule has 118 valence electrons. The summed E-state index contributed by atoms with van der Waals surface area (Å²) in [6.45, 7) is -0.334. The zero-order valence-corrected chi connectivity index (χ0v) is 12.2. The van der Waals surface area contributed by atoms with Crippen molar-refractivity contribution in [3.63, 3.8) is 0 Å². The number of hydrogen-bond donors (Lipinski definition) is 2. The van der Waals surface area contributed by atoms with E-state index in [-0.39, 0.29) is 30.2 Å². The van der Waals surface area contributed by atoms with Crippen LogP contribution in [-0.2, 0) is 16.0 Å². The molecule has 0 fully saturated rings. The Bertz CT molecular complexity index is 712. The number of para-hydroxylation sites is 1. The lowest BCUT2D eigenvalue weighted by Crippen LogP contribution is -2.33. The maximum Gasteiger partial charge on any atom is 0.339 e.